The number of hydrogen-bond acceptors (Lipinski definition) is 4. The van der Waals surface area contributed by atoms with Gasteiger partial charge in [0.2, 0.25) is 0 Å². The number of nitrogens with zero attached hydrogens (tertiary/aromatic N) is 1. The van der Waals surface area contributed by atoms with Crippen LogP contribution < -0.4 is 15.2 Å². The van der Waals surface area contributed by atoms with Crippen LogP contribution in [0.25, 0.3) is 0 Å². The van der Waals surface area contributed by atoms with Gasteiger partial charge in [0.1, 0.15) is 11.5 Å². The number of rotatable bonds is 5. The molecule has 20 heavy (non-hydrogen) atoms. The van der Waals surface area contributed by atoms with Crippen molar-refractivity contribution in [3.63, 3.8) is 0 Å². The van der Waals surface area contributed by atoms with Gasteiger partial charge in [-0.1, -0.05) is 0 Å². The van der Waals surface area contributed by atoms with Crippen molar-refractivity contribution >= 4 is 0 Å². The molecule has 2 fully saturated rings. The van der Waals surface area contributed by atoms with Gasteiger partial charge in [-0.2, -0.15) is 0 Å². The summed E-state index contributed by atoms with van der Waals surface area (Å²) in [6.07, 6.45) is 3.82. The molecule has 1 saturated heterocycles. The van der Waals surface area contributed by atoms with Crippen molar-refractivity contribution < 1.29 is 9.47 Å². The molecule has 2 atom stereocenters. The van der Waals surface area contributed by atoms with Crippen molar-refractivity contribution in [2.75, 3.05) is 27.3 Å². The molecule has 1 aliphatic heterocycles. The lowest BCUT2D eigenvalue weighted by Gasteiger charge is -2.29. The van der Waals surface area contributed by atoms with Crippen molar-refractivity contribution in [2.24, 2.45) is 11.7 Å². The van der Waals surface area contributed by atoms with Crippen LogP contribution in [0.4, 0.5) is 0 Å². The predicted octanol–water partition coefficient (Wildman–Crippen LogP) is 2.19. The van der Waals surface area contributed by atoms with Gasteiger partial charge >= 0.3 is 0 Å². The highest BCUT2D eigenvalue weighted by atomic mass is 16.5. The molecule has 0 spiro atoms. The molecule has 0 radical (unpaired) electrons. The summed E-state index contributed by atoms with van der Waals surface area (Å²) in [5.74, 6) is 2.35. The predicted molar refractivity (Wildman–Crippen MR) is 79.2 cm³/mol. The Balaban J connectivity index is 1.98. The molecule has 1 aliphatic carbocycles. The lowest BCUT2D eigenvalue weighted by atomic mass is 9.92. The SMILES string of the molecule is COc1ccc(OC)c(C2C(CN)CCN2C2CC2)c1. The maximum absolute atomic E-state index is 6.01. The molecular formula is C16H24N2O2. The van der Waals surface area contributed by atoms with Gasteiger partial charge in [0.05, 0.1) is 14.2 Å². The molecule has 0 amide bonds. The van der Waals surface area contributed by atoms with Crippen LogP contribution in [0.5, 0.6) is 11.5 Å². The first-order chi connectivity index (χ1) is 9.78. The van der Waals surface area contributed by atoms with Crippen LogP contribution in [0.3, 0.4) is 0 Å². The van der Waals surface area contributed by atoms with E-state index in [1.807, 2.05) is 12.1 Å². The van der Waals surface area contributed by atoms with Crippen LogP contribution in [0.2, 0.25) is 0 Å². The molecule has 1 aromatic rings. The third kappa shape index (κ3) is 2.38. The summed E-state index contributed by atoms with van der Waals surface area (Å²) in [6.45, 7) is 1.88. The Hall–Kier alpha value is -1.26. The van der Waals surface area contributed by atoms with Gasteiger partial charge < -0.3 is 15.2 Å². The van der Waals surface area contributed by atoms with E-state index in [2.05, 4.69) is 11.0 Å². The van der Waals surface area contributed by atoms with Gasteiger partial charge in [0, 0.05) is 17.6 Å². The maximum atomic E-state index is 6.01. The zero-order chi connectivity index (χ0) is 14.1. The number of methoxy groups -OCH3 is 2. The lowest BCUT2D eigenvalue weighted by molar-refractivity contribution is 0.215. The van der Waals surface area contributed by atoms with Crippen LogP contribution in [-0.4, -0.2) is 38.3 Å². The number of nitrogens with two attached hydrogens (primary N) is 1. The highest BCUT2D eigenvalue weighted by Crippen LogP contribution is 2.46. The first kappa shape index (κ1) is 13.7. The minimum absolute atomic E-state index is 0.373. The second-order valence-corrected chi connectivity index (χ2v) is 5.81. The molecule has 0 aromatic heterocycles. The Kier molecular flexibility index (Phi) is 3.85. The summed E-state index contributed by atoms with van der Waals surface area (Å²) < 4.78 is 11.0. The molecule has 1 aromatic carbocycles. The van der Waals surface area contributed by atoms with Crippen LogP contribution in [0, 0.1) is 5.92 Å². The summed E-state index contributed by atoms with van der Waals surface area (Å²) in [5, 5.41) is 0. The smallest absolute Gasteiger partial charge is 0.123 e. The van der Waals surface area contributed by atoms with Crippen molar-refractivity contribution in [3.8, 4) is 11.5 Å². The fourth-order valence-corrected chi connectivity index (χ4v) is 3.45. The van der Waals surface area contributed by atoms with Gasteiger partial charge in [-0.05, 0) is 56.5 Å². The fraction of sp³-hybridized carbons (Fsp3) is 0.625. The Bertz CT molecular complexity index is 474. The highest BCUT2D eigenvalue weighted by Gasteiger charge is 2.43. The second-order valence-electron chi connectivity index (χ2n) is 5.81. The number of hydrogen-bond donors (Lipinski definition) is 1. The molecule has 4 nitrogen and oxygen atoms in total. The van der Waals surface area contributed by atoms with E-state index in [9.17, 15) is 0 Å². The summed E-state index contributed by atoms with van der Waals surface area (Å²) in [7, 11) is 3.44. The van der Waals surface area contributed by atoms with E-state index in [0.717, 1.165) is 30.6 Å². The maximum Gasteiger partial charge on any atom is 0.123 e. The number of likely N-dealkylation sites (tertiary alicyclic amines) is 1. The van der Waals surface area contributed by atoms with Gasteiger partial charge in [-0.15, -0.1) is 0 Å². The van der Waals surface area contributed by atoms with Crippen molar-refractivity contribution in [1.29, 1.82) is 0 Å². The van der Waals surface area contributed by atoms with Crippen molar-refractivity contribution in [2.45, 2.75) is 31.3 Å². The van der Waals surface area contributed by atoms with Gasteiger partial charge in [0.25, 0.3) is 0 Å². The summed E-state index contributed by atoms with van der Waals surface area (Å²) in [6, 6.07) is 7.19. The topological polar surface area (TPSA) is 47.7 Å². The van der Waals surface area contributed by atoms with Crippen molar-refractivity contribution in [1.82, 2.24) is 4.90 Å². The molecule has 110 valence electrons. The van der Waals surface area contributed by atoms with Crippen molar-refractivity contribution in [3.05, 3.63) is 23.8 Å². The quantitative estimate of drug-likeness (QED) is 0.895. The first-order valence-electron chi connectivity index (χ1n) is 7.46. The molecule has 2 N–H and O–H groups in total. The minimum Gasteiger partial charge on any atom is -0.497 e. The van der Waals surface area contributed by atoms with E-state index in [1.54, 1.807) is 14.2 Å². The Labute approximate surface area is 120 Å². The third-order valence-corrected chi connectivity index (χ3v) is 4.64. The average Bonchev–Trinajstić information content (AvgIpc) is 3.25. The largest absolute Gasteiger partial charge is 0.497 e. The normalized spacial score (nSPS) is 26.8. The van der Waals surface area contributed by atoms with Crippen LogP contribution >= 0.6 is 0 Å². The molecular weight excluding hydrogens is 252 g/mol. The van der Waals surface area contributed by atoms with E-state index >= 15 is 0 Å². The van der Waals surface area contributed by atoms with Gasteiger partial charge in [0.15, 0.2) is 0 Å². The summed E-state index contributed by atoms with van der Waals surface area (Å²) >= 11 is 0. The lowest BCUT2D eigenvalue weighted by Crippen LogP contribution is -2.30. The highest BCUT2D eigenvalue weighted by molar-refractivity contribution is 5.43. The van der Waals surface area contributed by atoms with Gasteiger partial charge in [-0.3, -0.25) is 4.90 Å². The monoisotopic (exact) mass is 276 g/mol. The van der Waals surface area contributed by atoms with E-state index < -0.39 is 0 Å². The Morgan fingerprint density at radius 1 is 1.20 bits per heavy atom. The molecule has 2 aliphatic rings. The van der Waals surface area contributed by atoms with E-state index in [-0.39, 0.29) is 0 Å². The Morgan fingerprint density at radius 2 is 2.00 bits per heavy atom. The van der Waals surface area contributed by atoms with E-state index in [4.69, 9.17) is 15.2 Å². The fourth-order valence-electron chi connectivity index (χ4n) is 3.45. The first-order valence-corrected chi connectivity index (χ1v) is 7.46. The molecule has 1 heterocycles. The van der Waals surface area contributed by atoms with Crippen LogP contribution in [0.15, 0.2) is 18.2 Å². The second kappa shape index (κ2) is 5.62. The molecule has 0 bridgehead atoms. The molecule has 2 unspecified atom stereocenters. The molecule has 4 heteroatoms. The number of ether oxygens (including phenoxy) is 2. The van der Waals surface area contributed by atoms with E-state index in [0.29, 0.717) is 12.0 Å². The summed E-state index contributed by atoms with van der Waals surface area (Å²) in [4.78, 5) is 2.62. The molecule has 1 saturated carbocycles. The third-order valence-electron chi connectivity index (χ3n) is 4.64. The average molecular weight is 276 g/mol. The Morgan fingerprint density at radius 3 is 2.60 bits per heavy atom. The van der Waals surface area contributed by atoms with Gasteiger partial charge in [-0.25, -0.2) is 0 Å². The van der Waals surface area contributed by atoms with Crippen LogP contribution in [-0.2, 0) is 0 Å². The summed E-state index contributed by atoms with van der Waals surface area (Å²) in [5.41, 5.74) is 7.24. The zero-order valence-electron chi connectivity index (χ0n) is 12.3. The standard InChI is InChI=1S/C16H24N2O2/c1-19-13-5-6-15(20-2)14(9-13)16-11(10-17)7-8-18(16)12-3-4-12/h5-6,9,11-12,16H,3-4,7-8,10,17H2,1-2H3. The minimum atomic E-state index is 0.373. The van der Waals surface area contributed by atoms with E-state index in [1.165, 1.54) is 24.8 Å². The van der Waals surface area contributed by atoms with Crippen LogP contribution in [0.1, 0.15) is 30.9 Å². The number of benzene rings is 1. The molecule has 3 rings (SSSR count). The zero-order valence-corrected chi connectivity index (χ0v) is 12.3.